The lowest BCUT2D eigenvalue weighted by molar-refractivity contribution is 0.414. The summed E-state index contributed by atoms with van der Waals surface area (Å²) in [6.07, 6.45) is 0. The molecular formula is C8H11IO. The molecular weight excluding hydrogens is 239 g/mol. The van der Waals surface area contributed by atoms with Crippen molar-refractivity contribution in [2.75, 3.05) is 7.11 Å². The van der Waals surface area contributed by atoms with Gasteiger partial charge in [0.2, 0.25) is 0 Å². The molecule has 0 bridgehead atoms. The van der Waals surface area contributed by atoms with E-state index in [9.17, 15) is 0 Å². The van der Waals surface area contributed by atoms with Gasteiger partial charge in [-0.1, -0.05) is 12.1 Å². The van der Waals surface area contributed by atoms with E-state index in [4.69, 9.17) is 4.74 Å². The number of ether oxygens (including phenoxy) is 1. The van der Waals surface area contributed by atoms with E-state index in [2.05, 4.69) is 0 Å². The minimum Gasteiger partial charge on any atom is -0.497 e. The Morgan fingerprint density at radius 3 is 2.40 bits per heavy atom. The van der Waals surface area contributed by atoms with Crippen LogP contribution >= 0.6 is 24.0 Å². The fourth-order valence-corrected chi connectivity index (χ4v) is 0.742. The fraction of sp³-hybridized carbons (Fsp3) is 0.250. The average molecular weight is 250 g/mol. The maximum Gasteiger partial charge on any atom is 0.119 e. The Balaban J connectivity index is 0.000000810. The lowest BCUT2D eigenvalue weighted by atomic mass is 10.2. The molecule has 0 amide bonds. The highest BCUT2D eigenvalue weighted by molar-refractivity contribution is 14.0. The Morgan fingerprint density at radius 2 is 2.00 bits per heavy atom. The van der Waals surface area contributed by atoms with Crippen molar-refractivity contribution < 1.29 is 4.74 Å². The van der Waals surface area contributed by atoms with Gasteiger partial charge in [0.15, 0.2) is 0 Å². The molecule has 0 N–H and O–H groups in total. The van der Waals surface area contributed by atoms with Crippen LogP contribution in [0.3, 0.4) is 0 Å². The van der Waals surface area contributed by atoms with E-state index < -0.39 is 0 Å². The summed E-state index contributed by atoms with van der Waals surface area (Å²) in [7, 11) is 1.68. The topological polar surface area (TPSA) is 9.23 Å². The molecule has 0 heterocycles. The molecule has 0 fully saturated rings. The Labute approximate surface area is 78.4 Å². The van der Waals surface area contributed by atoms with Crippen LogP contribution in [-0.4, -0.2) is 7.11 Å². The third-order valence-corrected chi connectivity index (χ3v) is 1.23. The smallest absolute Gasteiger partial charge is 0.119 e. The van der Waals surface area contributed by atoms with Crippen molar-refractivity contribution in [1.82, 2.24) is 0 Å². The predicted octanol–water partition coefficient (Wildman–Crippen LogP) is 2.62. The molecule has 56 valence electrons. The highest BCUT2D eigenvalue weighted by atomic mass is 127. The Morgan fingerprint density at radius 1 is 1.30 bits per heavy atom. The maximum absolute atomic E-state index is 5.00. The van der Waals surface area contributed by atoms with Crippen molar-refractivity contribution in [3.63, 3.8) is 0 Å². The van der Waals surface area contributed by atoms with E-state index in [0.29, 0.717) is 0 Å². The van der Waals surface area contributed by atoms with Crippen molar-refractivity contribution in [3.8, 4) is 5.75 Å². The number of benzene rings is 1. The largest absolute Gasteiger partial charge is 0.497 e. The Kier molecular flexibility index (Phi) is 4.43. The van der Waals surface area contributed by atoms with Crippen molar-refractivity contribution in [3.05, 3.63) is 29.8 Å². The first-order valence-electron chi connectivity index (χ1n) is 2.93. The summed E-state index contributed by atoms with van der Waals surface area (Å²) < 4.78 is 5.00. The minimum absolute atomic E-state index is 0. The van der Waals surface area contributed by atoms with Gasteiger partial charge in [0.05, 0.1) is 7.11 Å². The molecule has 0 saturated carbocycles. The number of hydrogen-bond donors (Lipinski definition) is 0. The molecule has 0 atom stereocenters. The van der Waals surface area contributed by atoms with Gasteiger partial charge in [-0.25, -0.2) is 0 Å². The highest BCUT2D eigenvalue weighted by Crippen LogP contribution is 2.10. The zero-order chi connectivity index (χ0) is 6.69. The highest BCUT2D eigenvalue weighted by Gasteiger charge is 1.86. The molecule has 1 aromatic carbocycles. The summed E-state index contributed by atoms with van der Waals surface area (Å²) in [6.45, 7) is 2.04. The quantitative estimate of drug-likeness (QED) is 0.696. The van der Waals surface area contributed by atoms with E-state index in [1.807, 2.05) is 31.2 Å². The van der Waals surface area contributed by atoms with Crippen LogP contribution in [0.1, 0.15) is 5.56 Å². The normalized spacial score (nSPS) is 8.20. The van der Waals surface area contributed by atoms with Crippen molar-refractivity contribution in [2.45, 2.75) is 6.92 Å². The zero-order valence-corrected chi connectivity index (χ0v) is 8.46. The molecule has 0 unspecified atom stereocenters. The van der Waals surface area contributed by atoms with Gasteiger partial charge in [0.1, 0.15) is 5.75 Å². The first-order valence-corrected chi connectivity index (χ1v) is 2.93. The van der Waals surface area contributed by atoms with Gasteiger partial charge in [0, 0.05) is 0 Å². The first-order chi connectivity index (χ1) is 4.33. The van der Waals surface area contributed by atoms with Crippen molar-refractivity contribution in [1.29, 1.82) is 0 Å². The van der Waals surface area contributed by atoms with Crippen LogP contribution < -0.4 is 4.74 Å². The summed E-state index contributed by atoms with van der Waals surface area (Å²) in [4.78, 5) is 0. The van der Waals surface area contributed by atoms with Crippen LogP contribution in [0.25, 0.3) is 0 Å². The van der Waals surface area contributed by atoms with E-state index in [1.54, 1.807) is 7.11 Å². The van der Waals surface area contributed by atoms with Crippen LogP contribution in [0.4, 0.5) is 0 Å². The molecule has 0 aliphatic heterocycles. The standard InChI is InChI=1S/C8H10O.HI/c1-7-4-3-5-8(6-7)9-2;/h3-6H,1-2H3;1H. The number of halogens is 1. The molecule has 1 nitrogen and oxygen atoms in total. The van der Waals surface area contributed by atoms with Gasteiger partial charge in [-0.3, -0.25) is 0 Å². The lowest BCUT2D eigenvalue weighted by Gasteiger charge is -1.97. The second-order valence-corrected chi connectivity index (χ2v) is 2.02. The molecule has 2 heteroatoms. The average Bonchev–Trinajstić information content (AvgIpc) is 1.88. The predicted molar refractivity (Wildman–Crippen MR) is 53.1 cm³/mol. The third-order valence-electron chi connectivity index (χ3n) is 1.23. The summed E-state index contributed by atoms with van der Waals surface area (Å²) in [6, 6.07) is 7.96. The molecule has 0 spiro atoms. The van der Waals surface area contributed by atoms with Crippen LogP contribution in [0, 0.1) is 6.92 Å². The van der Waals surface area contributed by atoms with Gasteiger partial charge in [-0.15, -0.1) is 24.0 Å². The maximum atomic E-state index is 5.00. The first kappa shape index (κ1) is 9.75. The van der Waals surface area contributed by atoms with E-state index in [-0.39, 0.29) is 24.0 Å². The summed E-state index contributed by atoms with van der Waals surface area (Å²) in [5.74, 6) is 0.926. The minimum atomic E-state index is 0. The van der Waals surface area contributed by atoms with E-state index in [1.165, 1.54) is 5.56 Å². The SMILES string of the molecule is COc1cccc(C)c1.I. The van der Waals surface area contributed by atoms with Gasteiger partial charge in [0.25, 0.3) is 0 Å². The molecule has 0 radical (unpaired) electrons. The lowest BCUT2D eigenvalue weighted by Crippen LogP contribution is -1.81. The number of aryl methyl sites for hydroxylation is 1. The zero-order valence-electron chi connectivity index (χ0n) is 6.13. The van der Waals surface area contributed by atoms with Crippen LogP contribution in [0.5, 0.6) is 5.75 Å². The van der Waals surface area contributed by atoms with Crippen LogP contribution in [0.2, 0.25) is 0 Å². The molecule has 0 aromatic heterocycles. The molecule has 1 aromatic rings. The third kappa shape index (κ3) is 2.56. The number of methoxy groups -OCH3 is 1. The van der Waals surface area contributed by atoms with Gasteiger partial charge < -0.3 is 4.74 Å². The number of hydrogen-bond acceptors (Lipinski definition) is 1. The van der Waals surface area contributed by atoms with Crippen molar-refractivity contribution in [2.24, 2.45) is 0 Å². The van der Waals surface area contributed by atoms with Gasteiger partial charge in [-0.05, 0) is 24.6 Å². The molecule has 1 rings (SSSR count). The summed E-state index contributed by atoms with van der Waals surface area (Å²) in [5, 5.41) is 0. The van der Waals surface area contributed by atoms with E-state index >= 15 is 0 Å². The fourth-order valence-electron chi connectivity index (χ4n) is 0.742. The Hall–Kier alpha value is -0.250. The number of rotatable bonds is 1. The summed E-state index contributed by atoms with van der Waals surface area (Å²) >= 11 is 0. The van der Waals surface area contributed by atoms with Gasteiger partial charge in [-0.2, -0.15) is 0 Å². The molecule has 0 aliphatic carbocycles. The van der Waals surface area contributed by atoms with E-state index in [0.717, 1.165) is 5.75 Å². The van der Waals surface area contributed by atoms with Crippen LogP contribution in [0.15, 0.2) is 24.3 Å². The molecule has 0 saturated heterocycles. The monoisotopic (exact) mass is 250 g/mol. The summed E-state index contributed by atoms with van der Waals surface area (Å²) in [5.41, 5.74) is 1.23. The second kappa shape index (κ2) is 4.55. The van der Waals surface area contributed by atoms with Gasteiger partial charge >= 0.3 is 0 Å². The second-order valence-electron chi connectivity index (χ2n) is 2.02. The molecule has 0 aliphatic rings. The van der Waals surface area contributed by atoms with Crippen LogP contribution in [-0.2, 0) is 0 Å². The molecule has 10 heavy (non-hydrogen) atoms. The Bertz CT molecular complexity index is 198. The van der Waals surface area contributed by atoms with Crippen molar-refractivity contribution >= 4 is 24.0 Å².